The van der Waals surface area contributed by atoms with Gasteiger partial charge in [0, 0.05) is 30.1 Å². The first-order chi connectivity index (χ1) is 10.1. The van der Waals surface area contributed by atoms with E-state index in [1.165, 1.54) is 9.88 Å². The summed E-state index contributed by atoms with van der Waals surface area (Å²) in [5.74, 6) is 0.397. The van der Waals surface area contributed by atoms with Gasteiger partial charge in [-0.05, 0) is 38.8 Å². The lowest BCUT2D eigenvalue weighted by molar-refractivity contribution is 0.0701. The maximum Gasteiger partial charge on any atom is 0.272 e. The average molecular weight is 301 g/mol. The molecule has 2 aromatic rings. The second kappa shape index (κ2) is 5.93. The van der Waals surface area contributed by atoms with E-state index < -0.39 is 0 Å². The Morgan fingerprint density at radius 1 is 1.38 bits per heavy atom. The number of piperidine rings is 1. The number of hydrogen-bond donors (Lipinski definition) is 0. The molecule has 1 fully saturated rings. The molecule has 0 saturated carbocycles. The molecule has 0 radical (unpaired) electrons. The zero-order valence-electron chi connectivity index (χ0n) is 12.4. The third-order valence-electron chi connectivity index (χ3n) is 3.99. The molecule has 21 heavy (non-hydrogen) atoms. The van der Waals surface area contributed by atoms with Gasteiger partial charge in [0.25, 0.3) is 5.91 Å². The summed E-state index contributed by atoms with van der Waals surface area (Å²) in [5.41, 5.74) is 1.65. The molecule has 110 valence electrons. The van der Waals surface area contributed by atoms with Crippen molar-refractivity contribution >= 4 is 17.2 Å². The van der Waals surface area contributed by atoms with Crippen LogP contribution in [0, 0.1) is 13.8 Å². The first-order valence-corrected chi connectivity index (χ1v) is 8.11. The van der Waals surface area contributed by atoms with E-state index in [4.69, 9.17) is 0 Å². The number of carbonyl (C=O) groups excluding carboxylic acids is 1. The van der Waals surface area contributed by atoms with Gasteiger partial charge in [-0.3, -0.25) is 9.78 Å². The zero-order valence-corrected chi connectivity index (χ0v) is 13.2. The molecule has 1 saturated heterocycles. The van der Waals surface area contributed by atoms with Gasteiger partial charge >= 0.3 is 0 Å². The number of aromatic nitrogens is 2. The van der Waals surface area contributed by atoms with Gasteiger partial charge in [-0.25, -0.2) is 4.98 Å². The van der Waals surface area contributed by atoms with Crippen molar-refractivity contribution in [2.24, 2.45) is 0 Å². The minimum Gasteiger partial charge on any atom is -0.337 e. The van der Waals surface area contributed by atoms with Crippen LogP contribution < -0.4 is 0 Å². The summed E-state index contributed by atoms with van der Waals surface area (Å²) in [6.07, 6.45) is 3.81. The molecule has 3 rings (SSSR count). The number of aryl methyl sites for hydroxylation is 2. The van der Waals surface area contributed by atoms with E-state index in [1.54, 1.807) is 23.6 Å². The molecule has 1 aliphatic heterocycles. The lowest BCUT2D eigenvalue weighted by atomic mass is 9.98. The Labute approximate surface area is 128 Å². The molecule has 5 heteroatoms. The van der Waals surface area contributed by atoms with Crippen molar-refractivity contribution in [2.75, 3.05) is 13.1 Å². The third-order valence-corrected chi connectivity index (χ3v) is 5.22. The van der Waals surface area contributed by atoms with Gasteiger partial charge in [0.2, 0.25) is 0 Å². The quantitative estimate of drug-likeness (QED) is 0.856. The van der Waals surface area contributed by atoms with Gasteiger partial charge in [-0.2, -0.15) is 0 Å². The molecule has 3 heterocycles. The molecule has 0 N–H and O–H groups in total. The molecule has 1 atom stereocenters. The predicted octanol–water partition coefficient (Wildman–Crippen LogP) is 3.17. The SMILES string of the molecule is Cc1nc([C@H]2CCCN(C(=O)c3ccccn3)C2)sc1C. The van der Waals surface area contributed by atoms with E-state index in [0.29, 0.717) is 11.6 Å². The van der Waals surface area contributed by atoms with Gasteiger partial charge < -0.3 is 4.90 Å². The Morgan fingerprint density at radius 3 is 2.90 bits per heavy atom. The van der Waals surface area contributed by atoms with Crippen molar-refractivity contribution in [3.8, 4) is 0 Å². The van der Waals surface area contributed by atoms with Crippen LogP contribution in [0.15, 0.2) is 24.4 Å². The molecule has 1 amide bonds. The second-order valence-electron chi connectivity index (χ2n) is 5.50. The summed E-state index contributed by atoms with van der Waals surface area (Å²) in [5, 5.41) is 1.17. The summed E-state index contributed by atoms with van der Waals surface area (Å²) in [4.78, 5) is 24.5. The second-order valence-corrected chi connectivity index (χ2v) is 6.73. The molecule has 0 aliphatic carbocycles. The largest absolute Gasteiger partial charge is 0.337 e. The van der Waals surface area contributed by atoms with Crippen LogP contribution in [0.25, 0.3) is 0 Å². The van der Waals surface area contributed by atoms with Crippen LogP contribution in [0.3, 0.4) is 0 Å². The Hall–Kier alpha value is -1.75. The van der Waals surface area contributed by atoms with Crippen molar-refractivity contribution in [3.05, 3.63) is 45.7 Å². The number of hydrogen-bond acceptors (Lipinski definition) is 4. The van der Waals surface area contributed by atoms with Crippen LogP contribution in [0.4, 0.5) is 0 Å². The van der Waals surface area contributed by atoms with E-state index in [-0.39, 0.29) is 5.91 Å². The number of rotatable bonds is 2. The van der Waals surface area contributed by atoms with Gasteiger partial charge in [-0.15, -0.1) is 11.3 Å². The number of likely N-dealkylation sites (tertiary alicyclic amines) is 1. The molecule has 0 aromatic carbocycles. The fourth-order valence-corrected chi connectivity index (χ4v) is 3.74. The van der Waals surface area contributed by atoms with Crippen molar-refractivity contribution in [1.29, 1.82) is 0 Å². The maximum atomic E-state index is 12.5. The van der Waals surface area contributed by atoms with Crippen molar-refractivity contribution in [3.63, 3.8) is 0 Å². The molecule has 0 unspecified atom stereocenters. The fraction of sp³-hybridized carbons (Fsp3) is 0.438. The van der Waals surface area contributed by atoms with Crippen LogP contribution in [0.5, 0.6) is 0 Å². The first-order valence-electron chi connectivity index (χ1n) is 7.29. The van der Waals surface area contributed by atoms with Crippen LogP contribution in [-0.4, -0.2) is 33.9 Å². The lowest BCUT2D eigenvalue weighted by Crippen LogP contribution is -2.39. The minimum atomic E-state index is 0.0327. The van der Waals surface area contributed by atoms with Crippen molar-refractivity contribution in [2.45, 2.75) is 32.6 Å². The van der Waals surface area contributed by atoms with Gasteiger partial charge in [0.05, 0.1) is 10.7 Å². The van der Waals surface area contributed by atoms with Crippen LogP contribution in [0.1, 0.15) is 44.8 Å². The highest BCUT2D eigenvalue weighted by Crippen LogP contribution is 2.31. The Balaban J connectivity index is 1.75. The highest BCUT2D eigenvalue weighted by Gasteiger charge is 2.27. The monoisotopic (exact) mass is 301 g/mol. The highest BCUT2D eigenvalue weighted by molar-refractivity contribution is 7.11. The molecular weight excluding hydrogens is 282 g/mol. The third kappa shape index (κ3) is 2.97. The summed E-state index contributed by atoms with van der Waals surface area (Å²) in [6.45, 7) is 5.72. The van der Waals surface area contributed by atoms with Crippen LogP contribution in [0.2, 0.25) is 0 Å². The van der Waals surface area contributed by atoms with Crippen LogP contribution in [-0.2, 0) is 0 Å². The number of pyridine rings is 1. The van der Waals surface area contributed by atoms with Crippen molar-refractivity contribution in [1.82, 2.24) is 14.9 Å². The number of thiazole rings is 1. The van der Waals surface area contributed by atoms with Crippen LogP contribution >= 0.6 is 11.3 Å². The molecule has 0 bridgehead atoms. The smallest absolute Gasteiger partial charge is 0.272 e. The number of amides is 1. The van der Waals surface area contributed by atoms with E-state index >= 15 is 0 Å². The summed E-state index contributed by atoms with van der Waals surface area (Å²) in [6, 6.07) is 5.47. The Morgan fingerprint density at radius 2 is 2.24 bits per heavy atom. The van der Waals surface area contributed by atoms with Gasteiger partial charge in [0.15, 0.2) is 0 Å². The number of nitrogens with zero attached hydrogens (tertiary/aromatic N) is 3. The zero-order chi connectivity index (χ0) is 14.8. The Kier molecular flexibility index (Phi) is 4.01. The molecule has 0 spiro atoms. The number of carbonyl (C=O) groups is 1. The average Bonchev–Trinajstić information content (AvgIpc) is 2.87. The van der Waals surface area contributed by atoms with E-state index in [2.05, 4.69) is 23.8 Å². The van der Waals surface area contributed by atoms with Gasteiger partial charge in [-0.1, -0.05) is 6.07 Å². The van der Waals surface area contributed by atoms with E-state index in [0.717, 1.165) is 31.6 Å². The summed E-state index contributed by atoms with van der Waals surface area (Å²) >= 11 is 1.77. The first kappa shape index (κ1) is 14.2. The predicted molar refractivity (Wildman–Crippen MR) is 83.7 cm³/mol. The fourth-order valence-electron chi connectivity index (χ4n) is 2.69. The molecule has 1 aliphatic rings. The van der Waals surface area contributed by atoms with E-state index in [9.17, 15) is 4.79 Å². The molecular formula is C16H19N3OS. The topological polar surface area (TPSA) is 46.1 Å². The standard InChI is InChI=1S/C16H19N3OS/c1-11-12(2)21-15(18-11)13-6-5-9-19(10-13)16(20)14-7-3-4-8-17-14/h3-4,7-8,13H,5-6,9-10H2,1-2H3/t13-/m0/s1. The highest BCUT2D eigenvalue weighted by atomic mass is 32.1. The minimum absolute atomic E-state index is 0.0327. The van der Waals surface area contributed by atoms with E-state index in [1.807, 2.05) is 17.0 Å². The normalized spacial score (nSPS) is 18.8. The Bertz CT molecular complexity index is 619. The maximum absolute atomic E-state index is 12.5. The summed E-state index contributed by atoms with van der Waals surface area (Å²) in [7, 11) is 0. The summed E-state index contributed by atoms with van der Waals surface area (Å²) < 4.78 is 0. The molecule has 4 nitrogen and oxygen atoms in total. The lowest BCUT2D eigenvalue weighted by Gasteiger charge is -2.31. The molecule has 2 aromatic heterocycles. The van der Waals surface area contributed by atoms with Gasteiger partial charge in [0.1, 0.15) is 5.69 Å². The van der Waals surface area contributed by atoms with Crippen molar-refractivity contribution < 1.29 is 4.79 Å².